The monoisotopic (exact) mass is 450 g/mol. The number of hydrogen-bond donors (Lipinski definition) is 1. The van der Waals surface area contributed by atoms with Crippen molar-refractivity contribution in [3.8, 4) is 5.75 Å². The molecular formula is C25H33F3N2O2. The predicted octanol–water partition coefficient (Wildman–Crippen LogP) is 6.70. The molecule has 176 valence electrons. The molecule has 3 rings (SSSR count). The first-order chi connectivity index (χ1) is 15.4. The van der Waals surface area contributed by atoms with Crippen molar-refractivity contribution in [3.63, 3.8) is 0 Å². The highest BCUT2D eigenvalue weighted by Crippen LogP contribution is 2.40. The van der Waals surface area contributed by atoms with E-state index in [0.717, 1.165) is 23.2 Å². The second kappa shape index (κ2) is 11.5. The Balaban J connectivity index is 1.66. The fourth-order valence-electron chi connectivity index (χ4n) is 4.21. The van der Waals surface area contributed by atoms with Gasteiger partial charge in [0, 0.05) is 18.4 Å². The normalized spacial score (nSPS) is 15.8. The molecule has 0 radical (unpaired) electrons. The van der Waals surface area contributed by atoms with Gasteiger partial charge in [-0.2, -0.15) is 13.2 Å². The first-order valence-electron chi connectivity index (χ1n) is 11.7. The number of fused-ring (bicyclic) bond motifs is 1. The lowest BCUT2D eigenvalue weighted by molar-refractivity contribution is -0.191. The fourth-order valence-corrected chi connectivity index (χ4v) is 4.21. The molecular weight excluding hydrogens is 417 g/mol. The van der Waals surface area contributed by atoms with Gasteiger partial charge in [-0.05, 0) is 29.5 Å². The molecule has 0 unspecified atom stereocenters. The van der Waals surface area contributed by atoms with Crippen LogP contribution in [0.2, 0.25) is 0 Å². The van der Waals surface area contributed by atoms with E-state index in [9.17, 15) is 18.0 Å². The number of benzene rings is 2. The van der Waals surface area contributed by atoms with Crippen LogP contribution in [-0.2, 0) is 4.79 Å². The molecule has 0 bridgehead atoms. The van der Waals surface area contributed by atoms with Gasteiger partial charge in [0.2, 0.25) is 5.91 Å². The molecule has 1 aliphatic rings. The maximum Gasteiger partial charge on any atom is 0.409 e. The lowest BCUT2D eigenvalue weighted by atomic mass is 10.0. The lowest BCUT2D eigenvalue weighted by Gasteiger charge is -2.29. The van der Waals surface area contributed by atoms with Crippen LogP contribution >= 0.6 is 0 Å². The van der Waals surface area contributed by atoms with E-state index >= 15 is 0 Å². The number of halogens is 3. The summed E-state index contributed by atoms with van der Waals surface area (Å²) < 4.78 is 47.6. The lowest BCUT2D eigenvalue weighted by Crippen LogP contribution is -2.43. The second-order valence-electron chi connectivity index (χ2n) is 8.48. The first-order valence-corrected chi connectivity index (χ1v) is 11.7. The molecule has 0 saturated carbocycles. The van der Waals surface area contributed by atoms with Crippen LogP contribution in [0, 0.1) is 0 Å². The number of alkyl halides is 3. The molecule has 7 heteroatoms. The van der Waals surface area contributed by atoms with Crippen LogP contribution < -0.4 is 10.2 Å². The van der Waals surface area contributed by atoms with Gasteiger partial charge >= 0.3 is 6.18 Å². The molecule has 32 heavy (non-hydrogen) atoms. The van der Waals surface area contributed by atoms with Gasteiger partial charge in [-0.15, -0.1) is 0 Å². The molecule has 0 aromatic heterocycles. The number of hydrazine groups is 1. The second-order valence-corrected chi connectivity index (χ2v) is 8.48. The number of ether oxygens (including phenoxy) is 1. The van der Waals surface area contributed by atoms with Crippen molar-refractivity contribution in [1.82, 2.24) is 10.4 Å². The van der Waals surface area contributed by atoms with Crippen LogP contribution in [0.15, 0.2) is 36.4 Å². The summed E-state index contributed by atoms with van der Waals surface area (Å²) in [5.41, 5.74) is 2.43. The summed E-state index contributed by atoms with van der Waals surface area (Å²) in [6.45, 7) is 2.78. The molecule has 2 aromatic carbocycles. The predicted molar refractivity (Wildman–Crippen MR) is 120 cm³/mol. The highest BCUT2D eigenvalue weighted by Gasteiger charge is 2.47. The zero-order valence-corrected chi connectivity index (χ0v) is 18.7. The molecule has 1 heterocycles. The van der Waals surface area contributed by atoms with E-state index in [1.807, 2.05) is 12.1 Å². The summed E-state index contributed by atoms with van der Waals surface area (Å²) in [7, 11) is 0. The molecule has 1 amide bonds. The van der Waals surface area contributed by atoms with Gasteiger partial charge in [0.25, 0.3) is 0 Å². The van der Waals surface area contributed by atoms with Crippen molar-refractivity contribution < 1.29 is 22.7 Å². The number of carbonyl (C=O) groups is 1. The zero-order chi connectivity index (χ0) is 23.0. The molecule has 1 atom stereocenters. The molecule has 1 aliphatic heterocycles. The maximum absolute atomic E-state index is 13.9. The van der Waals surface area contributed by atoms with Crippen LogP contribution in [0.5, 0.6) is 5.75 Å². The minimum absolute atomic E-state index is 0.0254. The van der Waals surface area contributed by atoms with Gasteiger partial charge < -0.3 is 4.74 Å². The fraction of sp³-hybridized carbons (Fsp3) is 0.560. The average Bonchev–Trinajstić information content (AvgIpc) is 3.17. The number of hydrogen-bond acceptors (Lipinski definition) is 3. The Bertz CT molecular complexity index is 885. The number of amides is 1. The van der Waals surface area contributed by atoms with Crippen LogP contribution in [-0.4, -0.2) is 30.2 Å². The Labute approximate surface area is 188 Å². The van der Waals surface area contributed by atoms with Crippen molar-refractivity contribution in [3.05, 3.63) is 42.0 Å². The summed E-state index contributed by atoms with van der Waals surface area (Å²) in [6, 6.07) is 8.34. The van der Waals surface area contributed by atoms with Crippen LogP contribution in [0.25, 0.3) is 10.8 Å². The van der Waals surface area contributed by atoms with Crippen molar-refractivity contribution in [1.29, 1.82) is 0 Å². The topological polar surface area (TPSA) is 41.6 Å². The first kappa shape index (κ1) is 24.4. The number of carbonyl (C=O) groups excluding carboxylic acids is 1. The molecule has 1 saturated heterocycles. The number of nitrogens with zero attached hydrogens (tertiary/aromatic N) is 1. The number of rotatable bonds is 12. The van der Waals surface area contributed by atoms with E-state index in [1.54, 1.807) is 18.2 Å². The minimum atomic E-state index is -4.52. The summed E-state index contributed by atoms with van der Waals surface area (Å²) in [6.07, 6.45) is 5.10. The van der Waals surface area contributed by atoms with Crippen molar-refractivity contribution in [2.45, 2.75) is 76.9 Å². The number of unbranched alkanes of at least 4 members (excludes halogenated alkanes) is 7. The van der Waals surface area contributed by atoms with Gasteiger partial charge in [-0.3, -0.25) is 10.2 Å². The van der Waals surface area contributed by atoms with Gasteiger partial charge in [0.15, 0.2) is 0 Å². The Morgan fingerprint density at radius 3 is 2.41 bits per heavy atom. The van der Waals surface area contributed by atoms with Gasteiger partial charge in [-0.25, -0.2) is 5.01 Å². The summed E-state index contributed by atoms with van der Waals surface area (Å²) in [5.74, 6) is 0.202. The third kappa shape index (κ3) is 6.61. The Morgan fingerprint density at radius 1 is 1.03 bits per heavy atom. The largest absolute Gasteiger partial charge is 0.493 e. The van der Waals surface area contributed by atoms with Gasteiger partial charge in [-0.1, -0.05) is 76.1 Å². The molecule has 0 aliphatic carbocycles. The highest BCUT2D eigenvalue weighted by molar-refractivity contribution is 5.89. The van der Waals surface area contributed by atoms with E-state index in [4.69, 9.17) is 4.74 Å². The highest BCUT2D eigenvalue weighted by atomic mass is 19.4. The average molecular weight is 451 g/mol. The summed E-state index contributed by atoms with van der Waals surface area (Å²) in [4.78, 5) is 11.5. The molecule has 4 nitrogen and oxygen atoms in total. The quantitative estimate of drug-likeness (QED) is 0.366. The van der Waals surface area contributed by atoms with Crippen LogP contribution in [0.4, 0.5) is 13.2 Å². The standard InChI is InChI=1S/C25H33F3N2O2/c1-2-3-4-5-6-7-8-9-17-32-22-12-10-11-19-13-14-20(18-21(19)22)24(25(26,27)28)30-16-15-23(31)29-30/h10-14,18,24H,2-9,15-17H2,1H3,(H,29,31)/t24-/m0/s1. The van der Waals surface area contributed by atoms with Crippen molar-refractivity contribution in [2.75, 3.05) is 13.2 Å². The third-order valence-electron chi connectivity index (χ3n) is 5.91. The van der Waals surface area contributed by atoms with E-state index in [0.29, 0.717) is 17.7 Å². The minimum Gasteiger partial charge on any atom is -0.493 e. The van der Waals surface area contributed by atoms with Crippen molar-refractivity contribution in [2.24, 2.45) is 0 Å². The summed E-state index contributed by atoms with van der Waals surface area (Å²) in [5, 5.41) is 2.46. The third-order valence-corrected chi connectivity index (χ3v) is 5.91. The van der Waals surface area contributed by atoms with E-state index in [-0.39, 0.29) is 18.5 Å². The number of nitrogens with one attached hydrogen (secondary N) is 1. The van der Waals surface area contributed by atoms with Crippen molar-refractivity contribution >= 4 is 16.7 Å². The van der Waals surface area contributed by atoms with Crippen LogP contribution in [0.3, 0.4) is 0 Å². The molecule has 2 aromatic rings. The molecule has 1 fully saturated rings. The molecule has 1 N–H and O–H groups in total. The van der Waals surface area contributed by atoms with E-state index < -0.39 is 18.1 Å². The SMILES string of the molecule is CCCCCCCCCCOc1cccc2ccc([C@H](N3CCC(=O)N3)C(F)(F)F)cc12. The Hall–Kier alpha value is -2.28. The Morgan fingerprint density at radius 2 is 1.75 bits per heavy atom. The zero-order valence-electron chi connectivity index (χ0n) is 18.7. The van der Waals surface area contributed by atoms with E-state index in [1.165, 1.54) is 44.6 Å². The van der Waals surface area contributed by atoms with Gasteiger partial charge in [0.1, 0.15) is 11.8 Å². The molecule has 0 spiro atoms. The van der Waals surface area contributed by atoms with Crippen LogP contribution in [0.1, 0.15) is 76.3 Å². The van der Waals surface area contributed by atoms with Gasteiger partial charge in [0.05, 0.1) is 6.61 Å². The maximum atomic E-state index is 13.9. The Kier molecular flexibility index (Phi) is 8.79. The van der Waals surface area contributed by atoms with E-state index in [2.05, 4.69) is 12.3 Å². The summed E-state index contributed by atoms with van der Waals surface area (Å²) >= 11 is 0. The smallest absolute Gasteiger partial charge is 0.409 e.